The van der Waals surface area contributed by atoms with Crippen LogP contribution in [0, 0.1) is 18.7 Å². The molecule has 4 nitrogen and oxygen atoms in total. The van der Waals surface area contributed by atoms with Crippen molar-refractivity contribution in [2.75, 3.05) is 13.6 Å². The van der Waals surface area contributed by atoms with Crippen molar-refractivity contribution in [2.45, 2.75) is 26.4 Å². The number of halogens is 1. The number of nitrogens with two attached hydrogens (primary N) is 1. The maximum atomic E-state index is 12.9. The van der Waals surface area contributed by atoms with Gasteiger partial charge in [0.2, 0.25) is 0 Å². The Morgan fingerprint density at radius 3 is 2.71 bits per heavy atom. The average molecular weight is 291 g/mol. The summed E-state index contributed by atoms with van der Waals surface area (Å²) in [6, 6.07) is 4.82. The van der Waals surface area contributed by atoms with Gasteiger partial charge >= 0.3 is 0 Å². The summed E-state index contributed by atoms with van der Waals surface area (Å²) < 4.78 is 18.2. The van der Waals surface area contributed by atoms with E-state index < -0.39 is 0 Å². The van der Waals surface area contributed by atoms with Crippen molar-refractivity contribution in [3.8, 4) is 0 Å². The molecule has 2 atom stereocenters. The molecule has 0 saturated heterocycles. The molecule has 2 N–H and O–H groups in total. The van der Waals surface area contributed by atoms with E-state index in [-0.39, 0.29) is 17.8 Å². The SMILES string of the molecule is Cc1occc1CN(C)CC(C)C(N)c1ccc(F)cn1. The van der Waals surface area contributed by atoms with Gasteiger partial charge in [-0.3, -0.25) is 4.98 Å². The summed E-state index contributed by atoms with van der Waals surface area (Å²) in [7, 11) is 2.05. The molecule has 114 valence electrons. The molecule has 2 aromatic rings. The molecule has 2 aromatic heterocycles. The fourth-order valence-corrected chi connectivity index (χ4v) is 2.41. The van der Waals surface area contributed by atoms with Crippen molar-refractivity contribution < 1.29 is 8.81 Å². The van der Waals surface area contributed by atoms with E-state index in [0.717, 1.165) is 24.5 Å². The van der Waals surface area contributed by atoms with Gasteiger partial charge in [0, 0.05) is 18.7 Å². The monoisotopic (exact) mass is 291 g/mol. The molecule has 0 aliphatic heterocycles. The van der Waals surface area contributed by atoms with Crippen LogP contribution in [0.25, 0.3) is 0 Å². The van der Waals surface area contributed by atoms with Crippen molar-refractivity contribution in [2.24, 2.45) is 11.7 Å². The highest BCUT2D eigenvalue weighted by Crippen LogP contribution is 2.19. The minimum atomic E-state index is -0.342. The van der Waals surface area contributed by atoms with Crippen LogP contribution in [0.1, 0.15) is 30.0 Å². The minimum Gasteiger partial charge on any atom is -0.469 e. The lowest BCUT2D eigenvalue weighted by Crippen LogP contribution is -2.31. The molecule has 0 spiro atoms. The van der Waals surface area contributed by atoms with Gasteiger partial charge < -0.3 is 15.1 Å². The van der Waals surface area contributed by atoms with Crippen molar-refractivity contribution in [3.05, 3.63) is 53.5 Å². The van der Waals surface area contributed by atoms with Crippen LogP contribution in [0.2, 0.25) is 0 Å². The molecule has 0 aromatic carbocycles. The van der Waals surface area contributed by atoms with Gasteiger partial charge in [-0.15, -0.1) is 0 Å². The first-order chi connectivity index (χ1) is 9.97. The van der Waals surface area contributed by atoms with E-state index in [0.29, 0.717) is 0 Å². The quantitative estimate of drug-likeness (QED) is 0.889. The summed E-state index contributed by atoms with van der Waals surface area (Å²) in [6.45, 7) is 5.68. The van der Waals surface area contributed by atoms with E-state index in [4.69, 9.17) is 10.2 Å². The van der Waals surface area contributed by atoms with E-state index in [2.05, 4.69) is 16.8 Å². The van der Waals surface area contributed by atoms with Crippen LogP contribution in [-0.4, -0.2) is 23.5 Å². The Kier molecular flexibility index (Phi) is 5.09. The molecular weight excluding hydrogens is 269 g/mol. The predicted molar refractivity (Wildman–Crippen MR) is 80.1 cm³/mol. The Morgan fingerprint density at radius 2 is 2.14 bits per heavy atom. The Bertz CT molecular complexity index is 567. The predicted octanol–water partition coefficient (Wildman–Crippen LogP) is 2.89. The van der Waals surface area contributed by atoms with Crippen molar-refractivity contribution >= 4 is 0 Å². The van der Waals surface area contributed by atoms with Gasteiger partial charge in [-0.2, -0.15) is 0 Å². The van der Waals surface area contributed by atoms with E-state index >= 15 is 0 Å². The zero-order valence-corrected chi connectivity index (χ0v) is 12.7. The standard InChI is InChI=1S/C16H22FN3O/c1-11(16(18)15-5-4-14(17)8-19-15)9-20(3)10-13-6-7-21-12(13)2/h4-8,11,16H,9-10,18H2,1-3H3. The summed E-state index contributed by atoms with van der Waals surface area (Å²) in [5.74, 6) is 0.810. The van der Waals surface area contributed by atoms with E-state index in [9.17, 15) is 4.39 Å². The molecule has 0 radical (unpaired) electrons. The summed E-state index contributed by atoms with van der Waals surface area (Å²) in [5, 5.41) is 0. The lowest BCUT2D eigenvalue weighted by atomic mass is 9.98. The molecule has 0 amide bonds. The molecule has 2 heterocycles. The number of pyridine rings is 1. The summed E-state index contributed by atoms with van der Waals surface area (Å²) in [4.78, 5) is 6.26. The average Bonchev–Trinajstić information content (AvgIpc) is 2.84. The van der Waals surface area contributed by atoms with Gasteiger partial charge in [-0.05, 0) is 38.1 Å². The Balaban J connectivity index is 1.92. The van der Waals surface area contributed by atoms with Gasteiger partial charge in [0.15, 0.2) is 0 Å². The van der Waals surface area contributed by atoms with E-state index in [1.807, 2.05) is 20.0 Å². The van der Waals surface area contributed by atoms with E-state index in [1.165, 1.54) is 17.8 Å². The topological polar surface area (TPSA) is 55.3 Å². The molecule has 0 aliphatic rings. The first-order valence-electron chi connectivity index (χ1n) is 7.06. The Labute approximate surface area is 124 Å². The lowest BCUT2D eigenvalue weighted by molar-refractivity contribution is 0.255. The van der Waals surface area contributed by atoms with E-state index in [1.54, 1.807) is 12.3 Å². The second-order valence-corrected chi connectivity index (χ2v) is 5.60. The van der Waals surface area contributed by atoms with Crippen molar-refractivity contribution in [1.82, 2.24) is 9.88 Å². The first kappa shape index (κ1) is 15.7. The Hall–Kier alpha value is -1.72. The first-order valence-corrected chi connectivity index (χ1v) is 7.06. The lowest BCUT2D eigenvalue weighted by Gasteiger charge is -2.25. The number of hydrogen-bond donors (Lipinski definition) is 1. The third-order valence-electron chi connectivity index (χ3n) is 3.71. The molecule has 2 rings (SSSR count). The molecule has 0 fully saturated rings. The molecule has 0 aliphatic carbocycles. The number of aryl methyl sites for hydroxylation is 1. The maximum absolute atomic E-state index is 12.9. The fraction of sp³-hybridized carbons (Fsp3) is 0.438. The molecule has 5 heteroatoms. The highest BCUT2D eigenvalue weighted by Gasteiger charge is 2.18. The summed E-state index contributed by atoms with van der Waals surface area (Å²) in [5.41, 5.74) is 8.11. The van der Waals surface area contributed by atoms with Gasteiger partial charge in [-0.1, -0.05) is 6.92 Å². The minimum absolute atomic E-state index is 0.208. The normalized spacial score (nSPS) is 14.4. The van der Waals surface area contributed by atoms with Crippen LogP contribution in [0.15, 0.2) is 35.1 Å². The highest BCUT2D eigenvalue weighted by molar-refractivity contribution is 5.15. The highest BCUT2D eigenvalue weighted by atomic mass is 19.1. The fourth-order valence-electron chi connectivity index (χ4n) is 2.41. The third-order valence-corrected chi connectivity index (χ3v) is 3.71. The van der Waals surface area contributed by atoms with Gasteiger partial charge in [0.1, 0.15) is 11.6 Å². The van der Waals surface area contributed by atoms with Crippen LogP contribution < -0.4 is 5.73 Å². The van der Waals surface area contributed by atoms with Crippen molar-refractivity contribution in [3.63, 3.8) is 0 Å². The van der Waals surface area contributed by atoms with Gasteiger partial charge in [-0.25, -0.2) is 4.39 Å². The molecule has 21 heavy (non-hydrogen) atoms. The maximum Gasteiger partial charge on any atom is 0.141 e. The van der Waals surface area contributed by atoms with Crippen LogP contribution in [-0.2, 0) is 6.54 Å². The number of hydrogen-bond acceptors (Lipinski definition) is 4. The van der Waals surface area contributed by atoms with Crippen molar-refractivity contribution in [1.29, 1.82) is 0 Å². The molecular formula is C16H22FN3O. The number of rotatable bonds is 6. The van der Waals surface area contributed by atoms with Crippen LogP contribution in [0.4, 0.5) is 4.39 Å². The molecule has 2 unspecified atom stereocenters. The molecule has 0 saturated carbocycles. The third kappa shape index (κ3) is 4.12. The second kappa shape index (κ2) is 6.83. The second-order valence-electron chi connectivity index (χ2n) is 5.60. The van der Waals surface area contributed by atoms with Crippen LogP contribution in [0.3, 0.4) is 0 Å². The zero-order valence-electron chi connectivity index (χ0n) is 12.7. The Morgan fingerprint density at radius 1 is 1.38 bits per heavy atom. The van der Waals surface area contributed by atoms with Gasteiger partial charge in [0.05, 0.1) is 24.2 Å². The summed E-state index contributed by atoms with van der Waals surface area (Å²) in [6.07, 6.45) is 2.91. The largest absolute Gasteiger partial charge is 0.469 e. The zero-order chi connectivity index (χ0) is 15.4. The van der Waals surface area contributed by atoms with Crippen LogP contribution in [0.5, 0.6) is 0 Å². The van der Waals surface area contributed by atoms with Gasteiger partial charge in [0.25, 0.3) is 0 Å². The number of aromatic nitrogens is 1. The number of furan rings is 1. The smallest absolute Gasteiger partial charge is 0.141 e. The van der Waals surface area contributed by atoms with Crippen LogP contribution >= 0.6 is 0 Å². The molecule has 0 bridgehead atoms. The summed E-state index contributed by atoms with van der Waals surface area (Å²) >= 11 is 0. The number of nitrogens with zero attached hydrogens (tertiary/aromatic N) is 2.